The van der Waals surface area contributed by atoms with Crippen molar-refractivity contribution in [3.05, 3.63) is 29.8 Å². The summed E-state index contributed by atoms with van der Waals surface area (Å²) in [5.41, 5.74) is 0.325. The van der Waals surface area contributed by atoms with Crippen molar-refractivity contribution < 1.29 is 9.90 Å². The van der Waals surface area contributed by atoms with Crippen LogP contribution in [0.15, 0.2) is 24.3 Å². The zero-order valence-corrected chi connectivity index (χ0v) is 9.67. The maximum absolute atomic E-state index is 11.6. The van der Waals surface area contributed by atoms with Crippen molar-refractivity contribution >= 4 is 17.7 Å². The Hall–Kier alpha value is -1.16. The minimum Gasteiger partial charge on any atom is -0.507 e. The summed E-state index contributed by atoms with van der Waals surface area (Å²) < 4.78 is 0. The molecule has 0 bridgehead atoms. The van der Waals surface area contributed by atoms with Crippen LogP contribution in [0.5, 0.6) is 5.75 Å². The highest BCUT2D eigenvalue weighted by Crippen LogP contribution is 2.15. The third-order valence-electron chi connectivity index (χ3n) is 2.10. The van der Waals surface area contributed by atoms with Gasteiger partial charge in [0.15, 0.2) is 0 Å². The molecule has 0 fully saturated rings. The number of carbonyl (C=O) groups is 1. The van der Waals surface area contributed by atoms with E-state index >= 15 is 0 Å². The number of hydrogen-bond donors (Lipinski definition) is 2. The molecule has 0 saturated heterocycles. The number of phenols is 1. The second-order valence-corrected chi connectivity index (χ2v) is 4.55. The predicted molar refractivity (Wildman–Crippen MR) is 63.4 cm³/mol. The molecule has 0 aromatic heterocycles. The number of para-hydroxylation sites is 1. The van der Waals surface area contributed by atoms with Crippen LogP contribution in [0.2, 0.25) is 0 Å². The van der Waals surface area contributed by atoms with Crippen molar-refractivity contribution in [1.29, 1.82) is 0 Å². The second-order valence-electron chi connectivity index (χ2n) is 3.27. The highest BCUT2D eigenvalue weighted by Gasteiger charge is 2.10. The van der Waals surface area contributed by atoms with Crippen LogP contribution in [0.25, 0.3) is 0 Å². The number of amides is 1. The number of nitrogens with one attached hydrogen (secondary N) is 1. The van der Waals surface area contributed by atoms with Gasteiger partial charge in [-0.1, -0.05) is 19.1 Å². The van der Waals surface area contributed by atoms with Crippen LogP contribution >= 0.6 is 11.8 Å². The Bertz CT molecular complexity index is 341. The van der Waals surface area contributed by atoms with Crippen LogP contribution in [0.4, 0.5) is 0 Å². The zero-order chi connectivity index (χ0) is 11.3. The average Bonchev–Trinajstić information content (AvgIpc) is 2.26. The minimum absolute atomic E-state index is 0.0202. The first-order valence-corrected chi connectivity index (χ1v) is 6.03. The lowest BCUT2D eigenvalue weighted by Gasteiger charge is -2.10. The third-order valence-corrected chi connectivity index (χ3v) is 3.07. The van der Waals surface area contributed by atoms with E-state index in [9.17, 15) is 9.90 Å². The third kappa shape index (κ3) is 3.47. The summed E-state index contributed by atoms with van der Waals surface area (Å²) in [4.78, 5) is 11.6. The molecule has 0 aliphatic heterocycles. The van der Waals surface area contributed by atoms with Gasteiger partial charge < -0.3 is 10.4 Å². The Morgan fingerprint density at radius 1 is 1.53 bits per heavy atom. The van der Waals surface area contributed by atoms with Gasteiger partial charge >= 0.3 is 0 Å². The van der Waals surface area contributed by atoms with Gasteiger partial charge in [0.05, 0.1) is 5.56 Å². The van der Waals surface area contributed by atoms with Gasteiger partial charge in [-0.15, -0.1) is 0 Å². The number of carbonyl (C=O) groups excluding carboxylic acids is 1. The summed E-state index contributed by atoms with van der Waals surface area (Å²) >= 11 is 1.69. The second kappa shape index (κ2) is 5.66. The molecule has 1 aromatic rings. The van der Waals surface area contributed by atoms with E-state index in [1.165, 1.54) is 6.07 Å². The Morgan fingerprint density at radius 2 is 2.20 bits per heavy atom. The number of rotatable bonds is 4. The van der Waals surface area contributed by atoms with Gasteiger partial charge in [0.25, 0.3) is 5.91 Å². The number of benzene rings is 1. The molecular formula is C11H15NO2S. The average molecular weight is 225 g/mol. The van der Waals surface area contributed by atoms with Crippen molar-refractivity contribution in [3.8, 4) is 5.75 Å². The van der Waals surface area contributed by atoms with Crippen molar-refractivity contribution in [3.63, 3.8) is 0 Å². The highest BCUT2D eigenvalue weighted by atomic mass is 32.2. The quantitative estimate of drug-likeness (QED) is 0.822. The molecule has 0 radical (unpaired) electrons. The van der Waals surface area contributed by atoms with E-state index in [1.54, 1.807) is 30.0 Å². The fourth-order valence-corrected chi connectivity index (χ4v) is 1.33. The Balaban J connectivity index is 2.58. The largest absolute Gasteiger partial charge is 0.507 e. The zero-order valence-electron chi connectivity index (χ0n) is 8.86. The van der Waals surface area contributed by atoms with E-state index in [2.05, 4.69) is 5.32 Å². The molecule has 15 heavy (non-hydrogen) atoms. The maximum atomic E-state index is 11.6. The van der Waals surface area contributed by atoms with Crippen LogP contribution in [0, 0.1) is 0 Å². The number of hydrogen-bond acceptors (Lipinski definition) is 3. The molecule has 3 nitrogen and oxygen atoms in total. The molecular weight excluding hydrogens is 210 g/mol. The monoisotopic (exact) mass is 225 g/mol. The fourth-order valence-electron chi connectivity index (χ4n) is 1.08. The molecule has 1 atom stereocenters. The predicted octanol–water partition coefficient (Wildman–Crippen LogP) is 1.87. The van der Waals surface area contributed by atoms with Crippen LogP contribution in [0.3, 0.4) is 0 Å². The Morgan fingerprint density at radius 3 is 2.80 bits per heavy atom. The van der Waals surface area contributed by atoms with Gasteiger partial charge in [0.1, 0.15) is 5.75 Å². The maximum Gasteiger partial charge on any atom is 0.255 e. The molecule has 1 aromatic carbocycles. The molecule has 2 N–H and O–H groups in total. The summed E-state index contributed by atoms with van der Waals surface area (Å²) in [5, 5.41) is 12.6. The highest BCUT2D eigenvalue weighted by molar-refractivity contribution is 7.99. The van der Waals surface area contributed by atoms with Crippen molar-refractivity contribution in [1.82, 2.24) is 5.32 Å². The lowest BCUT2D eigenvalue weighted by molar-refractivity contribution is 0.0951. The van der Waals surface area contributed by atoms with Crippen LogP contribution in [-0.2, 0) is 0 Å². The van der Waals surface area contributed by atoms with Crippen molar-refractivity contribution in [2.45, 2.75) is 12.2 Å². The number of phenolic OH excluding ortho intramolecular Hbond substituents is 1. The molecule has 0 heterocycles. The smallest absolute Gasteiger partial charge is 0.255 e. The lowest BCUT2D eigenvalue weighted by Crippen LogP contribution is -2.29. The SMILES string of the molecule is CSC(C)CNC(=O)c1ccccc1O. The summed E-state index contributed by atoms with van der Waals surface area (Å²) in [6.07, 6.45) is 2.00. The number of thioether (sulfide) groups is 1. The standard InChI is InChI=1S/C11H15NO2S/c1-8(15-2)7-12-11(14)9-5-3-4-6-10(9)13/h3-6,8,13H,7H2,1-2H3,(H,12,14). The fraction of sp³-hybridized carbons (Fsp3) is 0.364. The van der Waals surface area contributed by atoms with Gasteiger partial charge in [0.2, 0.25) is 0 Å². The topological polar surface area (TPSA) is 49.3 Å². The van der Waals surface area contributed by atoms with Crippen LogP contribution in [0.1, 0.15) is 17.3 Å². The Labute approximate surface area is 93.9 Å². The van der Waals surface area contributed by atoms with Crippen molar-refractivity contribution in [2.75, 3.05) is 12.8 Å². The molecule has 0 spiro atoms. The normalized spacial score (nSPS) is 12.1. The minimum atomic E-state index is -0.228. The summed E-state index contributed by atoms with van der Waals surface area (Å²) in [5.74, 6) is -0.208. The molecule has 0 saturated carbocycles. The van der Waals surface area contributed by atoms with E-state index in [-0.39, 0.29) is 11.7 Å². The molecule has 1 unspecified atom stereocenters. The first-order chi connectivity index (χ1) is 7.15. The molecule has 1 amide bonds. The lowest BCUT2D eigenvalue weighted by atomic mass is 10.2. The number of aromatic hydroxyl groups is 1. The van der Waals surface area contributed by atoms with Gasteiger partial charge in [0, 0.05) is 11.8 Å². The van der Waals surface area contributed by atoms with E-state index < -0.39 is 0 Å². The molecule has 1 rings (SSSR count). The van der Waals surface area contributed by atoms with Gasteiger partial charge in [-0.25, -0.2) is 0 Å². The first kappa shape index (κ1) is 11.9. The molecule has 82 valence electrons. The van der Waals surface area contributed by atoms with Gasteiger partial charge in [-0.2, -0.15) is 11.8 Å². The molecule has 0 aliphatic carbocycles. The van der Waals surface area contributed by atoms with Crippen molar-refractivity contribution in [2.24, 2.45) is 0 Å². The summed E-state index contributed by atoms with van der Waals surface area (Å²) in [6.45, 7) is 2.64. The first-order valence-electron chi connectivity index (χ1n) is 4.74. The van der Waals surface area contributed by atoms with E-state index in [0.717, 1.165) is 0 Å². The Kier molecular flexibility index (Phi) is 4.49. The van der Waals surface area contributed by atoms with Gasteiger partial charge in [-0.3, -0.25) is 4.79 Å². The summed E-state index contributed by atoms with van der Waals surface area (Å²) in [6, 6.07) is 6.53. The van der Waals surface area contributed by atoms with Gasteiger partial charge in [-0.05, 0) is 18.4 Å². The van der Waals surface area contributed by atoms with E-state index in [0.29, 0.717) is 17.4 Å². The van der Waals surface area contributed by atoms with E-state index in [1.807, 2.05) is 13.2 Å². The van der Waals surface area contributed by atoms with Crippen LogP contribution in [-0.4, -0.2) is 29.1 Å². The summed E-state index contributed by atoms with van der Waals surface area (Å²) in [7, 11) is 0. The van der Waals surface area contributed by atoms with Crippen LogP contribution < -0.4 is 5.32 Å². The van der Waals surface area contributed by atoms with E-state index in [4.69, 9.17) is 0 Å². The molecule has 4 heteroatoms. The molecule has 0 aliphatic rings.